The Kier molecular flexibility index (Phi) is 6.05. The first-order valence-corrected chi connectivity index (χ1v) is 11.0. The highest BCUT2D eigenvalue weighted by molar-refractivity contribution is 5.78. The van der Waals surface area contributed by atoms with E-state index < -0.39 is 5.76 Å². The quantitative estimate of drug-likeness (QED) is 0.395. The van der Waals surface area contributed by atoms with Crippen LogP contribution in [0.25, 0.3) is 11.1 Å². The van der Waals surface area contributed by atoms with E-state index in [0.29, 0.717) is 22.9 Å². The van der Waals surface area contributed by atoms with Crippen LogP contribution in [0.3, 0.4) is 0 Å². The van der Waals surface area contributed by atoms with Gasteiger partial charge < -0.3 is 19.8 Å². The first-order chi connectivity index (χ1) is 16.1. The van der Waals surface area contributed by atoms with E-state index in [4.69, 9.17) is 9.15 Å². The Bertz CT molecular complexity index is 1310. The van der Waals surface area contributed by atoms with Crippen LogP contribution in [-0.2, 0) is 11.2 Å². The lowest BCUT2D eigenvalue weighted by atomic mass is 10.1. The van der Waals surface area contributed by atoms with Gasteiger partial charge >= 0.3 is 5.76 Å². The lowest BCUT2D eigenvalue weighted by Crippen LogP contribution is -2.37. The minimum atomic E-state index is -0.473. The molecule has 0 radical (unpaired) electrons. The Labute approximate surface area is 190 Å². The van der Waals surface area contributed by atoms with Crippen LogP contribution in [0, 0.1) is 6.92 Å². The Morgan fingerprint density at radius 1 is 1.09 bits per heavy atom. The molecule has 4 aromatic rings. The SMILES string of the molecule is Cc1cnc(Nc2cccc(CCN3CCOCC3)c2)nc1Nc1ccc2oc(=O)[nH]c2c1. The number of nitrogens with one attached hydrogen (secondary N) is 3. The summed E-state index contributed by atoms with van der Waals surface area (Å²) in [5.41, 5.74) is 5.05. The lowest BCUT2D eigenvalue weighted by molar-refractivity contribution is 0.0384. The molecular weight excluding hydrogens is 420 g/mol. The molecule has 1 fully saturated rings. The summed E-state index contributed by atoms with van der Waals surface area (Å²) in [6.45, 7) is 6.58. The number of anilines is 4. The molecule has 1 aliphatic heterocycles. The van der Waals surface area contributed by atoms with Gasteiger partial charge in [0.25, 0.3) is 0 Å². The van der Waals surface area contributed by atoms with Gasteiger partial charge in [-0.1, -0.05) is 12.1 Å². The molecule has 170 valence electrons. The number of aromatic nitrogens is 3. The fourth-order valence-corrected chi connectivity index (χ4v) is 3.84. The monoisotopic (exact) mass is 446 g/mol. The summed E-state index contributed by atoms with van der Waals surface area (Å²) in [6, 6.07) is 13.7. The fraction of sp³-hybridized carbons (Fsp3) is 0.292. The number of fused-ring (bicyclic) bond motifs is 1. The van der Waals surface area contributed by atoms with Crippen molar-refractivity contribution in [2.24, 2.45) is 0 Å². The first kappa shape index (κ1) is 21.2. The number of benzene rings is 2. The second-order valence-electron chi connectivity index (χ2n) is 8.11. The van der Waals surface area contributed by atoms with E-state index in [1.165, 1.54) is 5.56 Å². The van der Waals surface area contributed by atoms with E-state index in [1.807, 2.05) is 31.2 Å². The van der Waals surface area contributed by atoms with Crippen molar-refractivity contribution >= 4 is 34.2 Å². The lowest BCUT2D eigenvalue weighted by Gasteiger charge is -2.26. The highest BCUT2D eigenvalue weighted by Gasteiger charge is 2.11. The molecule has 3 N–H and O–H groups in total. The maximum atomic E-state index is 11.4. The number of hydrogen-bond acceptors (Lipinski definition) is 8. The predicted molar refractivity (Wildman–Crippen MR) is 128 cm³/mol. The smallest absolute Gasteiger partial charge is 0.408 e. The molecule has 9 nitrogen and oxygen atoms in total. The number of hydrogen-bond donors (Lipinski definition) is 3. The number of aromatic amines is 1. The van der Waals surface area contributed by atoms with Gasteiger partial charge in [0.1, 0.15) is 5.82 Å². The largest absolute Gasteiger partial charge is 0.417 e. The van der Waals surface area contributed by atoms with Crippen LogP contribution in [0.4, 0.5) is 23.1 Å². The third kappa shape index (κ3) is 5.21. The van der Waals surface area contributed by atoms with E-state index in [-0.39, 0.29) is 0 Å². The number of morpholine rings is 1. The molecule has 5 rings (SSSR count). The van der Waals surface area contributed by atoms with Crippen molar-refractivity contribution in [1.29, 1.82) is 0 Å². The van der Waals surface area contributed by atoms with E-state index in [9.17, 15) is 4.79 Å². The van der Waals surface area contributed by atoms with Crippen LogP contribution in [-0.4, -0.2) is 52.7 Å². The number of nitrogens with zero attached hydrogens (tertiary/aromatic N) is 3. The van der Waals surface area contributed by atoms with Gasteiger partial charge in [0, 0.05) is 42.8 Å². The molecular formula is C24H26N6O3. The van der Waals surface area contributed by atoms with Gasteiger partial charge in [0.05, 0.1) is 18.7 Å². The first-order valence-electron chi connectivity index (χ1n) is 11.0. The Hall–Kier alpha value is -3.69. The van der Waals surface area contributed by atoms with Gasteiger partial charge in [-0.25, -0.2) is 9.78 Å². The number of rotatable bonds is 7. The van der Waals surface area contributed by atoms with Crippen LogP contribution >= 0.6 is 0 Å². The summed E-state index contributed by atoms with van der Waals surface area (Å²) in [5.74, 6) is 0.714. The molecule has 2 aromatic carbocycles. The summed E-state index contributed by atoms with van der Waals surface area (Å²) in [5, 5.41) is 6.61. The maximum Gasteiger partial charge on any atom is 0.417 e. The van der Waals surface area contributed by atoms with Gasteiger partial charge in [-0.2, -0.15) is 4.98 Å². The van der Waals surface area contributed by atoms with Crippen molar-refractivity contribution in [3.63, 3.8) is 0 Å². The van der Waals surface area contributed by atoms with Crippen LogP contribution in [0.1, 0.15) is 11.1 Å². The summed E-state index contributed by atoms with van der Waals surface area (Å²) in [7, 11) is 0. The third-order valence-corrected chi connectivity index (χ3v) is 5.66. The number of ether oxygens (including phenoxy) is 1. The Morgan fingerprint density at radius 2 is 1.94 bits per heavy atom. The van der Waals surface area contributed by atoms with E-state index >= 15 is 0 Å². The highest BCUT2D eigenvalue weighted by atomic mass is 16.5. The minimum absolute atomic E-state index is 0.473. The van der Waals surface area contributed by atoms with E-state index in [0.717, 1.165) is 56.2 Å². The standard InChI is InChI=1S/C24H26N6O3/c1-16-15-25-23(29-22(16)26-19-5-6-21-20(14-19)28-24(31)33-21)27-18-4-2-3-17(13-18)7-8-30-9-11-32-12-10-30/h2-6,13-15H,7-12H2,1H3,(H,28,31)(H2,25,26,27,29). The second kappa shape index (κ2) is 9.43. The van der Waals surface area contributed by atoms with E-state index in [2.05, 4.69) is 42.6 Å². The number of oxazole rings is 1. The van der Waals surface area contributed by atoms with Crippen molar-refractivity contribution in [3.05, 3.63) is 70.3 Å². The molecule has 33 heavy (non-hydrogen) atoms. The molecule has 2 aromatic heterocycles. The predicted octanol–water partition coefficient (Wildman–Crippen LogP) is 3.58. The van der Waals surface area contributed by atoms with Crippen molar-refractivity contribution < 1.29 is 9.15 Å². The molecule has 0 unspecified atom stereocenters. The zero-order chi connectivity index (χ0) is 22.6. The van der Waals surface area contributed by atoms with Crippen LogP contribution in [0.5, 0.6) is 0 Å². The van der Waals surface area contributed by atoms with Crippen LogP contribution in [0.2, 0.25) is 0 Å². The molecule has 3 heterocycles. The molecule has 1 aliphatic rings. The van der Waals surface area contributed by atoms with Gasteiger partial charge in [0.2, 0.25) is 5.95 Å². The van der Waals surface area contributed by atoms with E-state index in [1.54, 1.807) is 12.3 Å². The normalized spacial score (nSPS) is 14.5. The van der Waals surface area contributed by atoms with Crippen LogP contribution in [0.15, 0.2) is 57.9 Å². The molecule has 0 saturated carbocycles. The summed E-state index contributed by atoms with van der Waals surface area (Å²) >= 11 is 0. The third-order valence-electron chi connectivity index (χ3n) is 5.66. The molecule has 1 saturated heterocycles. The molecule has 0 amide bonds. The maximum absolute atomic E-state index is 11.4. The Balaban J connectivity index is 1.28. The summed E-state index contributed by atoms with van der Waals surface area (Å²) in [6.07, 6.45) is 2.76. The second-order valence-corrected chi connectivity index (χ2v) is 8.11. The van der Waals surface area contributed by atoms with Crippen molar-refractivity contribution in [2.75, 3.05) is 43.5 Å². The van der Waals surface area contributed by atoms with Crippen molar-refractivity contribution in [3.8, 4) is 0 Å². The Morgan fingerprint density at radius 3 is 2.82 bits per heavy atom. The molecule has 0 bridgehead atoms. The average molecular weight is 447 g/mol. The topological polar surface area (TPSA) is 108 Å². The van der Waals surface area contributed by atoms with Gasteiger partial charge in [0.15, 0.2) is 5.58 Å². The highest BCUT2D eigenvalue weighted by Crippen LogP contribution is 2.23. The fourth-order valence-electron chi connectivity index (χ4n) is 3.84. The molecule has 0 aliphatic carbocycles. The van der Waals surface area contributed by atoms with Crippen molar-refractivity contribution in [1.82, 2.24) is 19.9 Å². The van der Waals surface area contributed by atoms with Crippen molar-refractivity contribution in [2.45, 2.75) is 13.3 Å². The number of aryl methyl sites for hydroxylation is 1. The molecule has 0 spiro atoms. The van der Waals surface area contributed by atoms with Gasteiger partial charge in [-0.05, 0) is 49.2 Å². The summed E-state index contributed by atoms with van der Waals surface area (Å²) in [4.78, 5) is 25.6. The minimum Gasteiger partial charge on any atom is -0.408 e. The van der Waals surface area contributed by atoms with Gasteiger partial charge in [-0.3, -0.25) is 9.88 Å². The zero-order valence-electron chi connectivity index (χ0n) is 18.4. The zero-order valence-corrected chi connectivity index (χ0v) is 18.4. The molecule has 0 atom stereocenters. The molecule has 9 heteroatoms. The summed E-state index contributed by atoms with van der Waals surface area (Å²) < 4.78 is 10.5. The average Bonchev–Trinajstić information content (AvgIpc) is 3.20. The van der Waals surface area contributed by atoms with Crippen LogP contribution < -0.4 is 16.4 Å². The number of H-pyrrole nitrogens is 1. The van der Waals surface area contributed by atoms with Gasteiger partial charge in [-0.15, -0.1) is 0 Å².